The Bertz CT molecular complexity index is 814. The molecule has 2 aromatic rings. The fourth-order valence-corrected chi connectivity index (χ4v) is 4.11. The molecule has 8 heteroatoms. The average Bonchev–Trinajstić information content (AvgIpc) is 3.36. The number of amides is 2. The van der Waals surface area contributed by atoms with Crippen LogP contribution in [0.1, 0.15) is 35.8 Å². The lowest BCUT2D eigenvalue weighted by molar-refractivity contribution is -0.124. The van der Waals surface area contributed by atoms with E-state index >= 15 is 0 Å². The summed E-state index contributed by atoms with van der Waals surface area (Å²) in [4.78, 5) is 26.3. The van der Waals surface area contributed by atoms with E-state index in [2.05, 4.69) is 15.5 Å². The highest BCUT2D eigenvalue weighted by atomic mass is 32.1. The van der Waals surface area contributed by atoms with Crippen LogP contribution in [-0.4, -0.2) is 41.3 Å². The van der Waals surface area contributed by atoms with Gasteiger partial charge < -0.3 is 9.64 Å². The van der Waals surface area contributed by atoms with Crippen LogP contribution in [0, 0.1) is 6.92 Å². The van der Waals surface area contributed by atoms with Crippen LogP contribution < -0.4 is 10.2 Å². The van der Waals surface area contributed by atoms with Gasteiger partial charge in [-0.2, -0.15) is 0 Å². The van der Waals surface area contributed by atoms with Gasteiger partial charge in [0.2, 0.25) is 11.0 Å². The zero-order valence-electron chi connectivity index (χ0n) is 14.5. The van der Waals surface area contributed by atoms with Crippen molar-refractivity contribution in [3.8, 4) is 0 Å². The van der Waals surface area contributed by atoms with Crippen LogP contribution >= 0.6 is 11.3 Å². The molecule has 26 heavy (non-hydrogen) atoms. The lowest BCUT2D eigenvalue weighted by Gasteiger charge is -2.16. The van der Waals surface area contributed by atoms with E-state index < -0.39 is 6.10 Å². The molecule has 7 nitrogen and oxygen atoms in total. The van der Waals surface area contributed by atoms with E-state index in [1.807, 2.05) is 31.2 Å². The number of rotatable bonds is 4. The second-order valence-electron chi connectivity index (χ2n) is 6.68. The number of hydrogen-bond donors (Lipinski definition) is 1. The molecule has 136 valence electrons. The van der Waals surface area contributed by atoms with E-state index in [1.165, 1.54) is 11.3 Å². The fourth-order valence-electron chi connectivity index (χ4n) is 3.27. The maximum atomic E-state index is 12.4. The lowest BCUT2D eigenvalue weighted by Crippen LogP contribution is -2.26. The molecule has 1 N–H and O–H groups in total. The van der Waals surface area contributed by atoms with E-state index in [4.69, 9.17) is 4.74 Å². The predicted molar refractivity (Wildman–Crippen MR) is 98.4 cm³/mol. The van der Waals surface area contributed by atoms with Crippen LogP contribution in [0.3, 0.4) is 0 Å². The molecule has 2 aliphatic heterocycles. The van der Waals surface area contributed by atoms with Crippen molar-refractivity contribution in [3.05, 3.63) is 34.8 Å². The monoisotopic (exact) mass is 372 g/mol. The minimum Gasteiger partial charge on any atom is -0.368 e. The van der Waals surface area contributed by atoms with E-state index in [-0.39, 0.29) is 17.7 Å². The van der Waals surface area contributed by atoms with Crippen LogP contribution in [0.5, 0.6) is 0 Å². The Morgan fingerprint density at radius 1 is 1.31 bits per heavy atom. The van der Waals surface area contributed by atoms with E-state index in [1.54, 1.807) is 4.90 Å². The number of nitrogens with zero attached hydrogens (tertiary/aromatic N) is 3. The molecule has 0 radical (unpaired) electrons. The van der Waals surface area contributed by atoms with Gasteiger partial charge in [-0.25, -0.2) is 0 Å². The van der Waals surface area contributed by atoms with Crippen molar-refractivity contribution in [3.63, 3.8) is 0 Å². The highest BCUT2D eigenvalue weighted by molar-refractivity contribution is 7.15. The molecule has 0 bridgehead atoms. The second-order valence-corrected chi connectivity index (χ2v) is 7.69. The number of carbonyl (C=O) groups is 2. The summed E-state index contributed by atoms with van der Waals surface area (Å²) >= 11 is 1.33. The SMILES string of the molecule is Cc1ccc(N2C[C@H](c3nnc(NC(=O)[C@@H]4CCCO4)s3)CC2=O)cc1. The number of aryl methyl sites for hydroxylation is 1. The molecule has 1 aromatic heterocycles. The van der Waals surface area contributed by atoms with Gasteiger partial charge in [0.1, 0.15) is 11.1 Å². The lowest BCUT2D eigenvalue weighted by atomic mass is 10.1. The van der Waals surface area contributed by atoms with Crippen molar-refractivity contribution in [2.24, 2.45) is 0 Å². The first kappa shape index (κ1) is 17.1. The van der Waals surface area contributed by atoms with Gasteiger partial charge in [0.05, 0.1) is 0 Å². The summed E-state index contributed by atoms with van der Waals surface area (Å²) < 4.78 is 5.37. The first-order valence-corrected chi connectivity index (χ1v) is 9.55. The van der Waals surface area contributed by atoms with Crippen LogP contribution in [0.25, 0.3) is 0 Å². The maximum absolute atomic E-state index is 12.4. The van der Waals surface area contributed by atoms with Crippen LogP contribution in [-0.2, 0) is 14.3 Å². The number of ether oxygens (including phenoxy) is 1. The molecule has 1 aromatic carbocycles. The van der Waals surface area contributed by atoms with Gasteiger partial charge >= 0.3 is 0 Å². The topological polar surface area (TPSA) is 84.4 Å². The van der Waals surface area contributed by atoms with Gasteiger partial charge in [0.25, 0.3) is 5.91 Å². The smallest absolute Gasteiger partial charge is 0.255 e. The summed E-state index contributed by atoms with van der Waals surface area (Å²) in [6.45, 7) is 3.22. The van der Waals surface area contributed by atoms with Crippen molar-refractivity contribution in [2.45, 2.75) is 38.2 Å². The fraction of sp³-hybridized carbons (Fsp3) is 0.444. The third kappa shape index (κ3) is 3.47. The number of aromatic nitrogens is 2. The van der Waals surface area contributed by atoms with Crippen molar-refractivity contribution in [1.82, 2.24) is 10.2 Å². The normalized spacial score (nSPS) is 22.8. The average molecular weight is 372 g/mol. The van der Waals surface area contributed by atoms with E-state index in [0.29, 0.717) is 24.7 Å². The predicted octanol–water partition coefficient (Wildman–Crippen LogP) is 2.48. The Hall–Kier alpha value is -2.32. The molecule has 2 atom stereocenters. The van der Waals surface area contributed by atoms with Gasteiger partial charge in [0, 0.05) is 31.2 Å². The molecule has 2 fully saturated rings. The standard InChI is InChI=1S/C18H20N4O3S/c1-11-4-6-13(7-5-11)22-10-12(9-15(22)23)17-20-21-18(26-17)19-16(24)14-3-2-8-25-14/h4-7,12,14H,2-3,8-10H2,1H3,(H,19,21,24)/t12-,14+/m1/s1. The van der Waals surface area contributed by atoms with Gasteiger partial charge in [-0.1, -0.05) is 29.0 Å². The van der Waals surface area contributed by atoms with Gasteiger partial charge in [0.15, 0.2) is 0 Å². The molecule has 0 unspecified atom stereocenters. The number of benzene rings is 1. The van der Waals surface area contributed by atoms with Crippen molar-refractivity contribution in [2.75, 3.05) is 23.4 Å². The summed E-state index contributed by atoms with van der Waals surface area (Å²) in [5.74, 6) is -0.0948. The molecule has 0 aliphatic carbocycles. The summed E-state index contributed by atoms with van der Waals surface area (Å²) in [6.07, 6.45) is 1.65. The zero-order valence-corrected chi connectivity index (χ0v) is 15.3. The van der Waals surface area contributed by atoms with Gasteiger partial charge in [-0.3, -0.25) is 14.9 Å². The van der Waals surface area contributed by atoms with Crippen LogP contribution in [0.15, 0.2) is 24.3 Å². The van der Waals surface area contributed by atoms with Gasteiger partial charge in [-0.05, 0) is 31.9 Å². The quantitative estimate of drug-likeness (QED) is 0.891. The van der Waals surface area contributed by atoms with E-state index in [0.717, 1.165) is 29.1 Å². The molecule has 0 spiro atoms. The highest BCUT2D eigenvalue weighted by Gasteiger charge is 2.34. The molecule has 2 aliphatic rings. The van der Waals surface area contributed by atoms with Gasteiger partial charge in [-0.15, -0.1) is 10.2 Å². The molecule has 4 rings (SSSR count). The Morgan fingerprint density at radius 3 is 2.85 bits per heavy atom. The van der Waals surface area contributed by atoms with Crippen molar-refractivity contribution in [1.29, 1.82) is 0 Å². The number of anilines is 2. The highest BCUT2D eigenvalue weighted by Crippen LogP contribution is 2.34. The van der Waals surface area contributed by atoms with Crippen molar-refractivity contribution < 1.29 is 14.3 Å². The molecule has 2 amide bonds. The molecule has 2 saturated heterocycles. The largest absolute Gasteiger partial charge is 0.368 e. The summed E-state index contributed by atoms with van der Waals surface area (Å²) in [7, 11) is 0. The maximum Gasteiger partial charge on any atom is 0.255 e. The number of hydrogen-bond acceptors (Lipinski definition) is 6. The van der Waals surface area contributed by atoms with Crippen LogP contribution in [0.4, 0.5) is 10.8 Å². The molecular weight excluding hydrogens is 352 g/mol. The summed E-state index contributed by atoms with van der Waals surface area (Å²) in [5, 5.41) is 12.3. The number of carbonyl (C=O) groups excluding carboxylic acids is 2. The third-order valence-corrected chi connectivity index (χ3v) is 5.71. The Labute approximate surface area is 155 Å². The first-order chi connectivity index (χ1) is 12.6. The van der Waals surface area contributed by atoms with Crippen molar-refractivity contribution >= 4 is 34.0 Å². The van der Waals surface area contributed by atoms with Crippen LogP contribution in [0.2, 0.25) is 0 Å². The number of nitrogens with one attached hydrogen (secondary N) is 1. The first-order valence-electron chi connectivity index (χ1n) is 8.73. The van der Waals surface area contributed by atoms with E-state index in [9.17, 15) is 9.59 Å². The minimum atomic E-state index is -0.396. The second kappa shape index (κ2) is 7.13. The molecular formula is C18H20N4O3S. The summed E-state index contributed by atoms with van der Waals surface area (Å²) in [5.41, 5.74) is 2.06. The molecule has 0 saturated carbocycles. The Morgan fingerprint density at radius 2 is 2.12 bits per heavy atom. The minimum absolute atomic E-state index is 0.00492. The Kier molecular flexibility index (Phi) is 4.69. The zero-order chi connectivity index (χ0) is 18.1. The summed E-state index contributed by atoms with van der Waals surface area (Å²) in [6, 6.07) is 7.92. The Balaban J connectivity index is 1.42. The molecule has 3 heterocycles. The third-order valence-electron chi connectivity index (χ3n) is 4.71.